The Bertz CT molecular complexity index is 1130. The minimum atomic E-state index is -0.446. The Morgan fingerprint density at radius 1 is 1.26 bits per heavy atom. The molecule has 0 saturated heterocycles. The molecule has 0 aliphatic carbocycles. The van der Waals surface area contributed by atoms with Gasteiger partial charge < -0.3 is 5.32 Å². The van der Waals surface area contributed by atoms with E-state index >= 15 is 0 Å². The predicted octanol–water partition coefficient (Wildman–Crippen LogP) is 6.85. The summed E-state index contributed by atoms with van der Waals surface area (Å²) in [6.07, 6.45) is 2.96. The van der Waals surface area contributed by atoms with Gasteiger partial charge in [0.05, 0.1) is 26.6 Å². The average molecular weight is 491 g/mol. The molecule has 9 heteroatoms. The van der Waals surface area contributed by atoms with Gasteiger partial charge in [0, 0.05) is 16.6 Å². The second-order valence-electron chi connectivity index (χ2n) is 6.79. The number of rotatable bonds is 8. The molecule has 1 amide bonds. The first kappa shape index (κ1) is 23.6. The van der Waals surface area contributed by atoms with Crippen LogP contribution in [0.15, 0.2) is 40.7 Å². The molecular weight excluding hydrogens is 471 g/mol. The number of carbonyl (C=O) groups is 1. The van der Waals surface area contributed by atoms with Crippen LogP contribution in [0.2, 0.25) is 10.0 Å². The minimum Gasteiger partial charge on any atom is -0.301 e. The van der Waals surface area contributed by atoms with Crippen molar-refractivity contribution in [3.05, 3.63) is 57.0 Å². The van der Waals surface area contributed by atoms with E-state index in [4.69, 9.17) is 23.2 Å². The lowest BCUT2D eigenvalue weighted by Gasteiger charge is -2.12. The average Bonchev–Trinajstić information content (AvgIpc) is 3.22. The summed E-state index contributed by atoms with van der Waals surface area (Å²) < 4.78 is 0. The molecular formula is C22H20Cl2N4OS2. The molecule has 5 nitrogen and oxygen atoms in total. The maximum absolute atomic E-state index is 12.7. The molecule has 0 saturated carbocycles. The van der Waals surface area contributed by atoms with Crippen LogP contribution in [0.1, 0.15) is 37.9 Å². The van der Waals surface area contributed by atoms with E-state index in [2.05, 4.69) is 28.3 Å². The number of unbranched alkanes of at least 4 members (excludes halogenated alkanes) is 1. The van der Waals surface area contributed by atoms with Gasteiger partial charge >= 0.3 is 0 Å². The van der Waals surface area contributed by atoms with Crippen LogP contribution in [0.25, 0.3) is 11.3 Å². The second-order valence-corrected chi connectivity index (χ2v) is 9.79. The maximum atomic E-state index is 12.7. The number of carbonyl (C=O) groups excluding carboxylic acids is 1. The highest BCUT2D eigenvalue weighted by molar-refractivity contribution is 8.00. The summed E-state index contributed by atoms with van der Waals surface area (Å²) in [5.74, 6) is -0.204. The molecule has 1 unspecified atom stereocenters. The normalized spacial score (nSPS) is 11.7. The molecule has 0 fully saturated rings. The van der Waals surface area contributed by atoms with Gasteiger partial charge in [-0.1, -0.05) is 54.4 Å². The minimum absolute atomic E-state index is 0.204. The molecule has 2 aromatic heterocycles. The molecule has 31 heavy (non-hydrogen) atoms. The van der Waals surface area contributed by atoms with Crippen LogP contribution in [-0.4, -0.2) is 21.1 Å². The number of nitriles is 1. The first-order chi connectivity index (χ1) is 14.9. The predicted molar refractivity (Wildman–Crippen MR) is 129 cm³/mol. The van der Waals surface area contributed by atoms with Crippen LogP contribution < -0.4 is 5.32 Å². The first-order valence-corrected chi connectivity index (χ1v) is 12.2. The maximum Gasteiger partial charge on any atom is 0.239 e. The third-order valence-electron chi connectivity index (χ3n) is 4.43. The van der Waals surface area contributed by atoms with Gasteiger partial charge in [0.15, 0.2) is 5.13 Å². The van der Waals surface area contributed by atoms with Gasteiger partial charge in [0.1, 0.15) is 11.1 Å². The van der Waals surface area contributed by atoms with Crippen molar-refractivity contribution in [2.75, 3.05) is 5.32 Å². The number of nitrogens with zero attached hydrogens (tertiary/aromatic N) is 3. The molecule has 3 rings (SSSR count). The van der Waals surface area contributed by atoms with Crippen molar-refractivity contribution < 1.29 is 4.79 Å². The van der Waals surface area contributed by atoms with Crippen LogP contribution in [0.3, 0.4) is 0 Å². The highest BCUT2D eigenvalue weighted by atomic mass is 35.5. The molecule has 0 bridgehead atoms. The monoisotopic (exact) mass is 490 g/mol. The van der Waals surface area contributed by atoms with Gasteiger partial charge in [-0.3, -0.25) is 4.79 Å². The summed E-state index contributed by atoms with van der Waals surface area (Å²) >= 11 is 14.6. The van der Waals surface area contributed by atoms with E-state index in [-0.39, 0.29) is 5.91 Å². The molecule has 3 aromatic rings. The molecule has 1 N–H and O–H groups in total. The standard InChI is InChI=1S/C22H20Cl2N4OS2/c1-3-4-5-16-8-6-15(11-25)21(26-16)31-13(2)20(29)28-22-27-19(12-30-22)14-7-9-17(23)18(24)10-14/h6-10,12-13H,3-5H2,1-2H3,(H,27,28,29). The zero-order chi connectivity index (χ0) is 22.4. The molecule has 0 spiro atoms. The second kappa shape index (κ2) is 11.0. The van der Waals surface area contributed by atoms with Crippen molar-refractivity contribution in [1.82, 2.24) is 9.97 Å². The third-order valence-corrected chi connectivity index (χ3v) is 7.03. The number of pyridine rings is 1. The van der Waals surface area contributed by atoms with E-state index < -0.39 is 5.25 Å². The molecule has 0 radical (unpaired) electrons. The fourth-order valence-electron chi connectivity index (χ4n) is 2.70. The van der Waals surface area contributed by atoms with Gasteiger partial charge in [-0.15, -0.1) is 11.3 Å². The third kappa shape index (κ3) is 6.20. The summed E-state index contributed by atoms with van der Waals surface area (Å²) in [5.41, 5.74) is 2.93. The van der Waals surface area contributed by atoms with Crippen LogP contribution in [0.5, 0.6) is 0 Å². The van der Waals surface area contributed by atoms with E-state index in [0.29, 0.717) is 31.5 Å². The zero-order valence-corrected chi connectivity index (χ0v) is 20.1. The summed E-state index contributed by atoms with van der Waals surface area (Å²) in [6, 6.07) is 11.1. The molecule has 0 aliphatic rings. The fourth-order valence-corrected chi connectivity index (χ4v) is 4.63. The van der Waals surface area contributed by atoms with Gasteiger partial charge in [-0.25, -0.2) is 9.97 Å². The van der Waals surface area contributed by atoms with Crippen molar-refractivity contribution in [2.45, 2.75) is 43.4 Å². The lowest BCUT2D eigenvalue weighted by atomic mass is 10.2. The largest absolute Gasteiger partial charge is 0.301 e. The lowest BCUT2D eigenvalue weighted by Crippen LogP contribution is -2.22. The van der Waals surface area contributed by atoms with Crippen LogP contribution in [0, 0.1) is 11.3 Å². The smallest absolute Gasteiger partial charge is 0.239 e. The number of amides is 1. The van der Waals surface area contributed by atoms with Crippen LogP contribution >= 0.6 is 46.3 Å². The quantitative estimate of drug-likeness (QED) is 0.349. The number of benzene rings is 1. The number of thioether (sulfide) groups is 1. The first-order valence-electron chi connectivity index (χ1n) is 9.69. The van der Waals surface area contributed by atoms with Crippen molar-refractivity contribution in [3.63, 3.8) is 0 Å². The number of aryl methyl sites for hydroxylation is 1. The lowest BCUT2D eigenvalue weighted by molar-refractivity contribution is -0.115. The van der Waals surface area contributed by atoms with E-state index in [1.54, 1.807) is 25.1 Å². The zero-order valence-electron chi connectivity index (χ0n) is 17.0. The summed E-state index contributed by atoms with van der Waals surface area (Å²) in [7, 11) is 0. The van der Waals surface area contributed by atoms with Gasteiger partial charge in [0.25, 0.3) is 0 Å². The Morgan fingerprint density at radius 2 is 2.06 bits per heavy atom. The molecule has 2 heterocycles. The number of thiazole rings is 1. The summed E-state index contributed by atoms with van der Waals surface area (Å²) in [6.45, 7) is 3.91. The van der Waals surface area contributed by atoms with Crippen LogP contribution in [0.4, 0.5) is 5.13 Å². The van der Waals surface area contributed by atoms with E-state index in [0.717, 1.165) is 30.5 Å². The SMILES string of the molecule is CCCCc1ccc(C#N)c(SC(C)C(=O)Nc2nc(-c3ccc(Cl)c(Cl)c3)cs2)n1. The van der Waals surface area contributed by atoms with Crippen LogP contribution in [-0.2, 0) is 11.2 Å². The summed E-state index contributed by atoms with van der Waals surface area (Å²) in [5, 5.41) is 15.6. The number of hydrogen-bond donors (Lipinski definition) is 1. The van der Waals surface area contributed by atoms with Gasteiger partial charge in [-0.05, 0) is 44.0 Å². The van der Waals surface area contributed by atoms with E-state index in [9.17, 15) is 10.1 Å². The van der Waals surface area contributed by atoms with Crippen molar-refractivity contribution in [2.24, 2.45) is 0 Å². The molecule has 1 atom stereocenters. The number of hydrogen-bond acceptors (Lipinski definition) is 6. The highest BCUT2D eigenvalue weighted by Crippen LogP contribution is 2.31. The Kier molecular flexibility index (Phi) is 8.33. The van der Waals surface area contributed by atoms with Gasteiger partial charge in [-0.2, -0.15) is 5.26 Å². The molecule has 0 aliphatic heterocycles. The van der Waals surface area contributed by atoms with E-state index in [1.165, 1.54) is 23.1 Å². The Balaban J connectivity index is 1.68. The Morgan fingerprint density at radius 3 is 2.77 bits per heavy atom. The summed E-state index contributed by atoms with van der Waals surface area (Å²) in [4.78, 5) is 21.8. The fraction of sp³-hybridized carbons (Fsp3) is 0.273. The number of aromatic nitrogens is 2. The van der Waals surface area contributed by atoms with Gasteiger partial charge in [0.2, 0.25) is 5.91 Å². The number of nitrogens with one attached hydrogen (secondary N) is 1. The highest BCUT2D eigenvalue weighted by Gasteiger charge is 2.19. The Labute approximate surface area is 199 Å². The van der Waals surface area contributed by atoms with Crippen molar-refractivity contribution in [1.29, 1.82) is 5.26 Å². The molecule has 1 aromatic carbocycles. The van der Waals surface area contributed by atoms with Crippen molar-refractivity contribution in [3.8, 4) is 17.3 Å². The Hall–Kier alpha value is -2.11. The topological polar surface area (TPSA) is 78.7 Å². The van der Waals surface area contributed by atoms with Crippen molar-refractivity contribution >= 4 is 57.3 Å². The number of anilines is 1. The molecule has 160 valence electrons. The number of halogens is 2. The van der Waals surface area contributed by atoms with E-state index in [1.807, 2.05) is 17.5 Å².